The maximum absolute atomic E-state index is 7.18. The van der Waals surface area contributed by atoms with E-state index in [9.17, 15) is 0 Å². The highest BCUT2D eigenvalue weighted by Gasteiger charge is 2.45. The van der Waals surface area contributed by atoms with E-state index >= 15 is 0 Å². The standard InChI is InChI=1S/C35H62O2Si2/c1-14-38(15-2,16-3)37-35(13,24-20-23-34-21-18-17-19-22-34)33(12)26-31(10)25-32(11)27-36-39(28(4)5,29(6)7)30(8)9/h17-23,28-30,32H,10,12,14-16,24-27H2,1-9,11,13H3/b23-20-/t32-,35-/m1/s1. The number of allylic oxidation sites excluding steroid dienone is 1. The van der Waals surface area contributed by atoms with Gasteiger partial charge in [0.2, 0.25) is 0 Å². The van der Waals surface area contributed by atoms with E-state index in [0.717, 1.165) is 49.6 Å². The molecule has 0 aliphatic carbocycles. The number of hydrogen-bond donors (Lipinski definition) is 0. The lowest BCUT2D eigenvalue weighted by Gasteiger charge is -2.43. The Morgan fingerprint density at radius 1 is 0.872 bits per heavy atom. The summed E-state index contributed by atoms with van der Waals surface area (Å²) in [6.07, 6.45) is 7.08. The monoisotopic (exact) mass is 570 g/mol. The summed E-state index contributed by atoms with van der Waals surface area (Å²) in [6, 6.07) is 13.9. The third kappa shape index (κ3) is 9.98. The molecule has 0 aromatic heterocycles. The van der Waals surface area contributed by atoms with E-state index < -0.39 is 22.2 Å². The molecule has 1 aromatic carbocycles. The molecule has 222 valence electrons. The summed E-state index contributed by atoms with van der Waals surface area (Å²) in [5.74, 6) is 0.439. The molecule has 0 aliphatic heterocycles. The van der Waals surface area contributed by atoms with Gasteiger partial charge in [-0.25, -0.2) is 0 Å². The van der Waals surface area contributed by atoms with Crippen molar-refractivity contribution in [1.82, 2.24) is 0 Å². The smallest absolute Gasteiger partial charge is 0.200 e. The highest BCUT2D eigenvalue weighted by Crippen LogP contribution is 2.43. The Kier molecular flexibility index (Phi) is 15.0. The second-order valence-corrected chi connectivity index (χ2v) is 23.2. The van der Waals surface area contributed by atoms with Gasteiger partial charge in [-0.3, -0.25) is 0 Å². The summed E-state index contributed by atoms with van der Waals surface area (Å²) in [5, 5.41) is 0. The molecule has 0 fully saturated rings. The van der Waals surface area contributed by atoms with Gasteiger partial charge in [-0.1, -0.05) is 130 Å². The van der Waals surface area contributed by atoms with Crippen molar-refractivity contribution >= 4 is 22.7 Å². The molecule has 0 aliphatic rings. The molecule has 1 rings (SSSR count). The van der Waals surface area contributed by atoms with Crippen LogP contribution < -0.4 is 0 Å². The summed E-state index contributed by atoms with van der Waals surface area (Å²) in [5.41, 5.74) is 5.04. The molecule has 0 saturated heterocycles. The predicted octanol–water partition coefficient (Wildman–Crippen LogP) is 11.6. The fraction of sp³-hybridized carbons (Fsp3) is 0.657. The second kappa shape index (κ2) is 16.3. The van der Waals surface area contributed by atoms with Crippen molar-refractivity contribution in [1.29, 1.82) is 0 Å². The Bertz CT molecular complexity index is 868. The van der Waals surface area contributed by atoms with Crippen LogP contribution in [0.5, 0.6) is 0 Å². The molecule has 4 heteroatoms. The van der Waals surface area contributed by atoms with Gasteiger partial charge in [0.1, 0.15) is 0 Å². The molecular formula is C35H62O2Si2. The fourth-order valence-electron chi connectivity index (χ4n) is 6.59. The first kappa shape index (κ1) is 35.8. The van der Waals surface area contributed by atoms with Crippen LogP contribution in [0.1, 0.15) is 101 Å². The maximum atomic E-state index is 7.18. The first-order valence-electron chi connectivity index (χ1n) is 15.6. The van der Waals surface area contributed by atoms with Crippen LogP contribution in [-0.2, 0) is 8.85 Å². The van der Waals surface area contributed by atoms with Gasteiger partial charge >= 0.3 is 0 Å². The van der Waals surface area contributed by atoms with Gasteiger partial charge in [-0.2, -0.15) is 0 Å². The van der Waals surface area contributed by atoms with Crippen molar-refractivity contribution in [2.24, 2.45) is 5.92 Å². The molecule has 39 heavy (non-hydrogen) atoms. The molecule has 0 heterocycles. The Morgan fingerprint density at radius 2 is 1.38 bits per heavy atom. The van der Waals surface area contributed by atoms with Gasteiger partial charge in [0, 0.05) is 6.61 Å². The quantitative estimate of drug-likeness (QED) is 0.122. The lowest BCUT2D eigenvalue weighted by molar-refractivity contribution is 0.114. The van der Waals surface area contributed by atoms with Crippen LogP contribution in [0.2, 0.25) is 34.8 Å². The van der Waals surface area contributed by atoms with Crippen LogP contribution >= 0.6 is 0 Å². The van der Waals surface area contributed by atoms with E-state index in [1.54, 1.807) is 0 Å². The highest BCUT2D eigenvalue weighted by molar-refractivity contribution is 6.77. The van der Waals surface area contributed by atoms with E-state index in [0.29, 0.717) is 22.5 Å². The Hall–Kier alpha value is -1.21. The predicted molar refractivity (Wildman–Crippen MR) is 180 cm³/mol. The van der Waals surface area contributed by atoms with Crippen LogP contribution in [0.25, 0.3) is 6.08 Å². The van der Waals surface area contributed by atoms with Crippen molar-refractivity contribution in [2.75, 3.05) is 6.61 Å². The number of rotatable bonds is 19. The minimum atomic E-state index is -1.86. The first-order valence-corrected chi connectivity index (χ1v) is 20.3. The molecule has 0 amide bonds. The van der Waals surface area contributed by atoms with E-state index in [4.69, 9.17) is 8.85 Å². The van der Waals surface area contributed by atoms with E-state index in [-0.39, 0.29) is 0 Å². The van der Waals surface area contributed by atoms with Gasteiger partial charge in [-0.15, -0.1) is 0 Å². The minimum absolute atomic E-state index is 0.392. The van der Waals surface area contributed by atoms with E-state index in [1.165, 1.54) is 11.1 Å². The third-order valence-corrected chi connectivity index (χ3v) is 20.0. The van der Waals surface area contributed by atoms with Crippen LogP contribution in [-0.4, -0.2) is 28.8 Å². The highest BCUT2D eigenvalue weighted by atomic mass is 28.4. The lowest BCUT2D eigenvalue weighted by atomic mass is 9.87. The number of benzene rings is 1. The second-order valence-electron chi connectivity index (χ2n) is 13.1. The minimum Gasteiger partial charge on any atom is -0.416 e. The van der Waals surface area contributed by atoms with E-state index in [1.807, 2.05) is 0 Å². The molecule has 2 nitrogen and oxygen atoms in total. The zero-order chi connectivity index (χ0) is 29.9. The zero-order valence-corrected chi connectivity index (χ0v) is 29.5. The van der Waals surface area contributed by atoms with Crippen molar-refractivity contribution in [2.45, 2.75) is 136 Å². The van der Waals surface area contributed by atoms with Crippen LogP contribution in [0.3, 0.4) is 0 Å². The average molecular weight is 571 g/mol. The summed E-state index contributed by atoms with van der Waals surface area (Å²) < 4.78 is 14.1. The summed E-state index contributed by atoms with van der Waals surface area (Å²) in [7, 11) is -3.69. The van der Waals surface area contributed by atoms with Gasteiger partial charge < -0.3 is 8.85 Å². The zero-order valence-electron chi connectivity index (χ0n) is 27.5. The van der Waals surface area contributed by atoms with Crippen LogP contribution in [0, 0.1) is 5.92 Å². The van der Waals surface area contributed by atoms with Crippen molar-refractivity contribution in [3.63, 3.8) is 0 Å². The third-order valence-electron chi connectivity index (χ3n) is 9.17. The van der Waals surface area contributed by atoms with Crippen LogP contribution in [0.4, 0.5) is 0 Å². The molecule has 0 bridgehead atoms. The van der Waals surface area contributed by atoms with Gasteiger partial charge in [0.25, 0.3) is 0 Å². The summed E-state index contributed by atoms with van der Waals surface area (Å²) in [6.45, 7) is 35.6. The molecule has 0 radical (unpaired) electrons. The molecule has 0 N–H and O–H groups in total. The van der Waals surface area contributed by atoms with Crippen molar-refractivity contribution in [3.8, 4) is 0 Å². The first-order chi connectivity index (χ1) is 18.2. The number of hydrogen-bond acceptors (Lipinski definition) is 2. The van der Waals surface area contributed by atoms with E-state index in [2.05, 4.69) is 132 Å². The molecule has 0 unspecified atom stereocenters. The normalized spacial score (nSPS) is 15.3. The van der Waals surface area contributed by atoms with Crippen molar-refractivity contribution in [3.05, 3.63) is 66.3 Å². The fourth-order valence-corrected chi connectivity index (χ4v) is 15.3. The van der Waals surface area contributed by atoms with Gasteiger partial charge in [-0.05, 0) is 78.0 Å². The summed E-state index contributed by atoms with van der Waals surface area (Å²) in [4.78, 5) is 0. The lowest BCUT2D eigenvalue weighted by Crippen LogP contribution is -2.48. The molecular weight excluding hydrogens is 509 g/mol. The Labute approximate surface area is 245 Å². The molecule has 2 atom stereocenters. The topological polar surface area (TPSA) is 18.5 Å². The SMILES string of the molecule is C=C(CC(=C)[C@@](C)(C/C=C\c1ccccc1)O[Si](CC)(CC)CC)C[C@@H](C)CO[Si](C(C)C)(C(C)C)C(C)C. The molecule has 0 spiro atoms. The Morgan fingerprint density at radius 3 is 1.85 bits per heavy atom. The Balaban J connectivity index is 3.00. The van der Waals surface area contributed by atoms with Crippen molar-refractivity contribution < 1.29 is 8.85 Å². The summed E-state index contributed by atoms with van der Waals surface area (Å²) >= 11 is 0. The van der Waals surface area contributed by atoms with Crippen LogP contribution in [0.15, 0.2) is 60.7 Å². The van der Waals surface area contributed by atoms with Gasteiger partial charge in [0.05, 0.1) is 5.60 Å². The van der Waals surface area contributed by atoms with Gasteiger partial charge in [0.15, 0.2) is 16.6 Å². The maximum Gasteiger partial charge on any atom is 0.200 e. The average Bonchev–Trinajstić information content (AvgIpc) is 2.87. The molecule has 1 aromatic rings. The largest absolute Gasteiger partial charge is 0.416 e. The molecule has 0 saturated carbocycles.